The standard InChI is InChI=1S/C90H151N17O19/c1-27-56(16)71(100-77(116)68(53(10)11)98-78(117)69(54(12)13)101-83(122)89(23,24)104-64(111)46-93-75(114)66(51(6)7)103-86(125)126-87(18,19)20)81(120)106-90(25,26)84(123)102-72(57(17)108)79(118)99-70(55(14)15)80(119)105-88(21,22)82(121)92-43-37-29-28-36-42-63(110)96-67(52(8)9)76(115)94-60(45-58-38-32-30-33-39-58)62(109)48-107(47-59-40-34-31-35-41-59)85(124)95-61(44-49(2)3)74(113)97-65(50(4)5)73(91)112/h30-35,38-41,49-57,60-62,65-72,108-109H,27-29,36-37,42-48H2,1-26H3,(H2,91,112)(H,92,121)(H,93,114)(H,94,115)(H,95,124)(H,96,110)(H,97,113)(H,98,117)(H,99,118)(H,100,116)(H,101,122)(H,102,123)(H,103,125)(H,104,111)(H,105,119)(H,106,120)/t56-,57+,60-,61-,62+,65-,66+,67-,68+,69+,70+,71+,72+/m0/s1. The highest BCUT2D eigenvalue weighted by Crippen LogP contribution is 2.21. The number of carbonyl (C=O) groups is 16. The molecule has 126 heavy (non-hydrogen) atoms. The van der Waals surface area contributed by atoms with E-state index in [0.29, 0.717) is 37.7 Å². The van der Waals surface area contributed by atoms with E-state index in [1.165, 1.54) is 53.4 Å². The molecule has 0 saturated carbocycles. The zero-order chi connectivity index (χ0) is 96.4. The number of carbonyl (C=O) groups excluding carboxylic acids is 16. The third-order valence-electron chi connectivity index (χ3n) is 21.1. The maximum atomic E-state index is 14.4. The number of rotatable bonds is 52. The second kappa shape index (κ2) is 51.9. The fourth-order valence-corrected chi connectivity index (χ4v) is 13.2. The zero-order valence-electron chi connectivity index (χ0n) is 79.2. The second-order valence-electron chi connectivity index (χ2n) is 37.9. The third kappa shape index (κ3) is 38.8. The predicted octanol–water partition coefficient (Wildman–Crippen LogP) is 3.70. The van der Waals surface area contributed by atoms with Crippen molar-refractivity contribution in [3.8, 4) is 0 Å². The molecule has 2 aromatic carbocycles. The molecular formula is C90H151N17O19. The van der Waals surface area contributed by atoms with E-state index in [9.17, 15) is 86.9 Å². The quantitative estimate of drug-likeness (QED) is 0.0420. The normalized spacial score (nSPS) is 15.0. The molecular weight excluding hydrogens is 1620 g/mol. The van der Waals surface area contributed by atoms with Crippen molar-refractivity contribution in [1.82, 2.24) is 84.7 Å². The van der Waals surface area contributed by atoms with Crippen LogP contribution in [-0.4, -0.2) is 224 Å². The first kappa shape index (κ1) is 112. The summed E-state index contributed by atoms with van der Waals surface area (Å²) < 4.78 is 5.27. The van der Waals surface area contributed by atoms with E-state index in [-0.39, 0.29) is 50.7 Å². The maximum Gasteiger partial charge on any atom is 0.408 e. The molecule has 19 N–H and O–H groups in total. The number of nitrogens with one attached hydrogen (secondary N) is 15. The second-order valence-corrected chi connectivity index (χ2v) is 37.9. The van der Waals surface area contributed by atoms with Gasteiger partial charge in [-0.15, -0.1) is 0 Å². The van der Waals surface area contributed by atoms with Gasteiger partial charge in [-0.3, -0.25) is 67.1 Å². The molecule has 0 aliphatic heterocycles. The fraction of sp³-hybridized carbons (Fsp3) is 0.689. The van der Waals surface area contributed by atoms with Gasteiger partial charge in [0.25, 0.3) is 0 Å². The lowest BCUT2D eigenvalue weighted by molar-refractivity contribution is -0.140. The molecule has 0 fully saturated rings. The smallest absolute Gasteiger partial charge is 0.408 e. The number of amides is 17. The van der Waals surface area contributed by atoms with Crippen molar-refractivity contribution in [3.63, 3.8) is 0 Å². The van der Waals surface area contributed by atoms with Crippen LogP contribution in [0.15, 0.2) is 60.7 Å². The van der Waals surface area contributed by atoms with Crippen LogP contribution in [-0.2, 0) is 84.8 Å². The van der Waals surface area contributed by atoms with Gasteiger partial charge in [0.2, 0.25) is 82.7 Å². The number of benzene rings is 2. The summed E-state index contributed by atoms with van der Waals surface area (Å²) in [5.74, 6) is -13.8. The van der Waals surface area contributed by atoms with E-state index in [2.05, 4.69) is 79.8 Å². The summed E-state index contributed by atoms with van der Waals surface area (Å²) in [6.07, 6.45) is -1.04. The molecule has 0 saturated heterocycles. The molecule has 0 heterocycles. The van der Waals surface area contributed by atoms with Crippen LogP contribution in [0.4, 0.5) is 9.59 Å². The molecule has 36 heteroatoms. The van der Waals surface area contributed by atoms with E-state index in [1.807, 2.05) is 50.2 Å². The minimum absolute atomic E-state index is 0.00489. The number of urea groups is 1. The van der Waals surface area contributed by atoms with E-state index in [4.69, 9.17) is 10.5 Å². The number of unbranched alkanes of at least 4 members (excludes halogenated alkanes) is 3. The number of nitrogens with two attached hydrogens (primary N) is 1. The number of aliphatic hydroxyl groups is 2. The van der Waals surface area contributed by atoms with Gasteiger partial charge in [-0.1, -0.05) is 191 Å². The minimum Gasteiger partial charge on any atom is -0.444 e. The van der Waals surface area contributed by atoms with E-state index in [1.54, 1.807) is 142 Å². The SMILES string of the molecule is CC[C@H](C)[C@@H](NC(=O)[C@H](NC(=O)[C@H](NC(=O)C(C)(C)NC(=O)CNC(=O)[C@H](NC(=O)OC(C)(C)C)C(C)C)C(C)C)C(C)C)C(=O)NC(C)(C)C(=O)N[C@@H](C(=O)N[C@@H](C(=O)NC(C)(C)C(=O)NCCCCCCC(=O)N[C@H](C(=O)N[C@@H](Cc1ccccc1)[C@H](O)CN(Cc1ccccc1)C(=O)N[C@@H](CC(C)C)C(=O)N[C@H](C(N)=O)C(C)C)C(C)C)C(C)C)[C@@H](C)O. The molecule has 13 atom stereocenters. The van der Waals surface area contributed by atoms with Gasteiger partial charge < -0.3 is 105 Å². The largest absolute Gasteiger partial charge is 0.444 e. The van der Waals surface area contributed by atoms with Gasteiger partial charge in [0, 0.05) is 19.5 Å². The Morgan fingerprint density at radius 3 is 1.30 bits per heavy atom. The summed E-state index contributed by atoms with van der Waals surface area (Å²) in [4.78, 5) is 221. The lowest BCUT2D eigenvalue weighted by Crippen LogP contribution is -2.66. The van der Waals surface area contributed by atoms with Crippen LogP contribution < -0.4 is 85.5 Å². The van der Waals surface area contributed by atoms with Crippen LogP contribution in [0, 0.1) is 47.3 Å². The third-order valence-corrected chi connectivity index (χ3v) is 21.1. The highest BCUT2D eigenvalue weighted by Gasteiger charge is 2.43. The first-order valence-electron chi connectivity index (χ1n) is 44.0. The number of hydrogen-bond donors (Lipinski definition) is 18. The molecule has 0 bridgehead atoms. The zero-order valence-corrected chi connectivity index (χ0v) is 79.2. The van der Waals surface area contributed by atoms with Crippen molar-refractivity contribution in [2.24, 2.45) is 53.1 Å². The molecule has 710 valence electrons. The van der Waals surface area contributed by atoms with Gasteiger partial charge >= 0.3 is 12.1 Å². The van der Waals surface area contributed by atoms with Gasteiger partial charge in [0.15, 0.2) is 0 Å². The molecule has 0 aromatic heterocycles. The number of hydrogen-bond acceptors (Lipinski definition) is 19. The number of alkyl carbamates (subject to hydrolysis) is 1. The van der Waals surface area contributed by atoms with Gasteiger partial charge in [-0.05, 0) is 153 Å². The molecule has 36 nitrogen and oxygen atoms in total. The monoisotopic (exact) mass is 1770 g/mol. The first-order valence-corrected chi connectivity index (χ1v) is 44.0. The fourth-order valence-electron chi connectivity index (χ4n) is 13.2. The Morgan fingerprint density at radius 1 is 0.413 bits per heavy atom. The molecule has 2 aromatic rings. The molecule has 0 aliphatic rings. The Kier molecular flexibility index (Phi) is 46.0. The van der Waals surface area contributed by atoms with Crippen molar-refractivity contribution >= 4 is 94.8 Å². The molecule has 0 radical (unpaired) electrons. The highest BCUT2D eigenvalue weighted by molar-refractivity contribution is 6.01. The predicted molar refractivity (Wildman–Crippen MR) is 479 cm³/mol. The van der Waals surface area contributed by atoms with Gasteiger partial charge in [-0.25, -0.2) is 9.59 Å². The highest BCUT2D eigenvalue weighted by atomic mass is 16.6. The Morgan fingerprint density at radius 2 is 0.825 bits per heavy atom. The molecule has 2 rings (SSSR count). The van der Waals surface area contributed by atoms with Crippen molar-refractivity contribution in [1.29, 1.82) is 0 Å². The van der Waals surface area contributed by atoms with Gasteiger partial charge in [0.1, 0.15) is 76.6 Å². The van der Waals surface area contributed by atoms with E-state index >= 15 is 0 Å². The first-order chi connectivity index (χ1) is 58.3. The summed E-state index contributed by atoms with van der Waals surface area (Å²) in [6, 6.07) is 5.36. The Labute approximate surface area is 745 Å². The average molecular weight is 1780 g/mol. The number of primary amides is 1. The minimum atomic E-state index is -1.85. The van der Waals surface area contributed by atoms with Gasteiger partial charge in [0.05, 0.1) is 31.3 Å². The van der Waals surface area contributed by atoms with Crippen molar-refractivity contribution in [2.75, 3.05) is 19.6 Å². The summed E-state index contributed by atoms with van der Waals surface area (Å²) in [7, 11) is 0. The molecule has 0 spiro atoms. The topological polar surface area (TPSA) is 533 Å². The summed E-state index contributed by atoms with van der Waals surface area (Å²) in [5, 5.41) is 63.3. The molecule has 0 aliphatic carbocycles. The molecule has 0 unspecified atom stereocenters. The Hall–Kier alpha value is -10.5. The van der Waals surface area contributed by atoms with E-state index < -0.39 is 232 Å². The van der Waals surface area contributed by atoms with Crippen LogP contribution in [0.3, 0.4) is 0 Å². The number of aliphatic hydroxyl groups excluding tert-OH is 2. The van der Waals surface area contributed by atoms with Crippen molar-refractivity contribution in [2.45, 2.75) is 333 Å². The number of ether oxygens (including phenoxy) is 1. The maximum absolute atomic E-state index is 14.4. The molecule has 17 amide bonds. The summed E-state index contributed by atoms with van der Waals surface area (Å²) >= 11 is 0. The van der Waals surface area contributed by atoms with Crippen LogP contribution in [0.5, 0.6) is 0 Å². The summed E-state index contributed by atoms with van der Waals surface area (Å²) in [6.45, 7) is 41.2. The number of nitrogens with zero attached hydrogens (tertiary/aromatic N) is 1. The van der Waals surface area contributed by atoms with Crippen LogP contribution in [0.1, 0.15) is 236 Å². The van der Waals surface area contributed by atoms with Crippen LogP contribution in [0.25, 0.3) is 0 Å². The lowest BCUT2D eigenvalue weighted by Gasteiger charge is -2.34. The van der Waals surface area contributed by atoms with Crippen molar-refractivity contribution < 1.29 is 91.7 Å². The van der Waals surface area contributed by atoms with Crippen LogP contribution in [0.2, 0.25) is 0 Å². The Balaban J connectivity index is 2.12. The van der Waals surface area contributed by atoms with Gasteiger partial charge in [-0.2, -0.15) is 0 Å². The lowest BCUT2D eigenvalue weighted by atomic mass is 9.94. The van der Waals surface area contributed by atoms with Crippen LogP contribution >= 0.6 is 0 Å². The average Bonchev–Trinajstić information content (AvgIpc) is 0.825. The van der Waals surface area contributed by atoms with Crippen molar-refractivity contribution in [3.05, 3.63) is 71.8 Å². The summed E-state index contributed by atoms with van der Waals surface area (Å²) in [5.41, 5.74) is 1.21. The Bertz CT molecular complexity index is 3940. The van der Waals surface area contributed by atoms with E-state index in [0.717, 1.165) is 5.56 Å².